The van der Waals surface area contributed by atoms with Crippen molar-refractivity contribution in [1.82, 2.24) is 9.80 Å². The number of hydrogen-bond donors (Lipinski definition) is 1. The summed E-state index contributed by atoms with van der Waals surface area (Å²) in [4.78, 5) is 34.6. The number of nitrogens with one attached hydrogen (secondary N) is 1. The third-order valence-electron chi connectivity index (χ3n) is 5.46. The Kier molecular flexibility index (Phi) is 8.39. The van der Waals surface area contributed by atoms with Gasteiger partial charge in [-0.05, 0) is 42.8 Å². The first-order chi connectivity index (χ1) is 16.1. The lowest BCUT2D eigenvalue weighted by Gasteiger charge is -2.27. The molecule has 0 bridgehead atoms. The van der Waals surface area contributed by atoms with Gasteiger partial charge in [0.25, 0.3) is 0 Å². The molecule has 2 saturated heterocycles. The molecule has 0 spiro atoms. The fourth-order valence-electron chi connectivity index (χ4n) is 3.74. The summed E-state index contributed by atoms with van der Waals surface area (Å²) in [7, 11) is 0. The van der Waals surface area contributed by atoms with Crippen molar-refractivity contribution in [1.29, 1.82) is 0 Å². The molecule has 2 aliphatic heterocycles. The number of thioether (sulfide) groups is 1. The van der Waals surface area contributed by atoms with Crippen LogP contribution < -0.4 is 5.32 Å². The van der Waals surface area contributed by atoms with Crippen molar-refractivity contribution in [3.63, 3.8) is 0 Å². The highest BCUT2D eigenvalue weighted by molar-refractivity contribution is 8.15. The Bertz CT molecular complexity index is 981. The van der Waals surface area contributed by atoms with Crippen LogP contribution in [0, 0.1) is 0 Å². The van der Waals surface area contributed by atoms with E-state index in [1.165, 1.54) is 11.8 Å². The zero-order chi connectivity index (χ0) is 23.0. The third-order valence-corrected chi connectivity index (χ3v) is 6.89. The minimum atomic E-state index is -0.497. The summed E-state index contributed by atoms with van der Waals surface area (Å²) >= 11 is 7.34. The molecule has 0 aromatic heterocycles. The molecule has 1 unspecified atom stereocenters. The Morgan fingerprint density at radius 3 is 2.55 bits per heavy atom. The number of carbonyl (C=O) groups is 2. The number of aliphatic imine (C=N–C) groups is 1. The van der Waals surface area contributed by atoms with Crippen molar-refractivity contribution in [2.24, 2.45) is 4.99 Å². The van der Waals surface area contributed by atoms with Gasteiger partial charge in [0.2, 0.25) is 11.8 Å². The summed E-state index contributed by atoms with van der Waals surface area (Å²) in [6, 6.07) is 16.5. The molecule has 174 valence electrons. The fraction of sp³-hybridized carbons (Fsp3) is 0.375. The van der Waals surface area contributed by atoms with E-state index in [1.54, 1.807) is 17.0 Å². The smallest absolute Gasteiger partial charge is 0.242 e. The minimum absolute atomic E-state index is 0.0714. The van der Waals surface area contributed by atoms with Crippen LogP contribution in [-0.4, -0.2) is 71.4 Å². The summed E-state index contributed by atoms with van der Waals surface area (Å²) in [5.41, 5.74) is 1.44. The molecule has 0 saturated carbocycles. The molecule has 2 aromatic rings. The maximum atomic E-state index is 13.2. The first-order valence-corrected chi connectivity index (χ1v) is 12.3. The molecule has 0 radical (unpaired) electrons. The van der Waals surface area contributed by atoms with Crippen LogP contribution in [-0.2, 0) is 14.3 Å². The van der Waals surface area contributed by atoms with Crippen molar-refractivity contribution < 1.29 is 14.3 Å². The summed E-state index contributed by atoms with van der Waals surface area (Å²) in [5.74, 6) is -0.258. The average Bonchev–Trinajstić information content (AvgIpc) is 3.10. The molecule has 2 heterocycles. The minimum Gasteiger partial charge on any atom is -0.379 e. The van der Waals surface area contributed by atoms with Crippen LogP contribution in [0.15, 0.2) is 59.6 Å². The molecule has 2 aliphatic rings. The predicted molar refractivity (Wildman–Crippen MR) is 133 cm³/mol. The van der Waals surface area contributed by atoms with Crippen molar-refractivity contribution in [3.05, 3.63) is 59.6 Å². The van der Waals surface area contributed by atoms with E-state index >= 15 is 0 Å². The molecule has 9 heteroatoms. The van der Waals surface area contributed by atoms with Gasteiger partial charge in [-0.25, -0.2) is 4.99 Å². The largest absolute Gasteiger partial charge is 0.379 e. The number of nitrogens with zero attached hydrogens (tertiary/aromatic N) is 3. The molecule has 1 N–H and O–H groups in total. The lowest BCUT2D eigenvalue weighted by molar-refractivity contribution is -0.128. The normalized spacial score (nSPS) is 20.4. The average molecular weight is 487 g/mol. The zero-order valence-corrected chi connectivity index (χ0v) is 19.9. The number of halogens is 1. The summed E-state index contributed by atoms with van der Waals surface area (Å²) in [6.45, 7) is 4.78. The van der Waals surface area contributed by atoms with Crippen LogP contribution in [0.2, 0.25) is 5.02 Å². The number of benzene rings is 2. The van der Waals surface area contributed by atoms with Crippen LogP contribution in [0.5, 0.6) is 0 Å². The predicted octanol–water partition coefficient (Wildman–Crippen LogP) is 4.02. The van der Waals surface area contributed by atoms with Crippen LogP contribution in [0.1, 0.15) is 12.8 Å². The summed E-state index contributed by atoms with van der Waals surface area (Å²) in [6.07, 6.45) is 0.923. The summed E-state index contributed by atoms with van der Waals surface area (Å²) < 4.78 is 5.41. The Balaban J connectivity index is 1.43. The molecular formula is C24H27ClN4O3S. The van der Waals surface area contributed by atoms with Gasteiger partial charge in [-0.2, -0.15) is 0 Å². The number of amides is 2. The molecule has 4 rings (SSSR count). The highest BCUT2D eigenvalue weighted by Crippen LogP contribution is 2.32. The number of ether oxygens (including phenoxy) is 1. The Morgan fingerprint density at radius 1 is 1.09 bits per heavy atom. The monoisotopic (exact) mass is 486 g/mol. The van der Waals surface area contributed by atoms with Crippen LogP contribution in [0.3, 0.4) is 0 Å². The highest BCUT2D eigenvalue weighted by atomic mass is 35.5. The lowest BCUT2D eigenvalue weighted by Crippen LogP contribution is -2.39. The molecule has 2 amide bonds. The van der Waals surface area contributed by atoms with Gasteiger partial charge in [-0.3, -0.25) is 19.4 Å². The molecule has 7 nitrogen and oxygen atoms in total. The van der Waals surface area contributed by atoms with Crippen molar-refractivity contribution in [2.45, 2.75) is 18.1 Å². The second-order valence-electron chi connectivity index (χ2n) is 7.89. The molecule has 0 aliphatic carbocycles. The molecule has 2 aromatic carbocycles. The SMILES string of the molecule is O=C(CC1SC(=Nc2ccc(Cl)cc2)N(CCCN2CCOCC2)C1=O)Nc1ccccc1. The first kappa shape index (κ1) is 23.8. The molecule has 2 fully saturated rings. The number of morpholine rings is 1. The number of hydrogen-bond acceptors (Lipinski definition) is 6. The van der Waals surface area contributed by atoms with Crippen molar-refractivity contribution in [2.75, 3.05) is 44.7 Å². The Morgan fingerprint density at radius 2 is 1.82 bits per heavy atom. The van der Waals surface area contributed by atoms with Gasteiger partial charge in [-0.15, -0.1) is 0 Å². The van der Waals surface area contributed by atoms with E-state index in [9.17, 15) is 9.59 Å². The van der Waals surface area contributed by atoms with Crippen molar-refractivity contribution >= 4 is 51.7 Å². The standard InChI is InChI=1S/C24H27ClN4O3S/c25-18-7-9-20(10-8-18)27-24-29(12-4-11-28-13-15-32-16-14-28)23(31)21(33-24)17-22(30)26-19-5-2-1-3-6-19/h1-3,5-10,21H,4,11-17H2,(H,26,30). The van der Waals surface area contributed by atoms with Crippen LogP contribution in [0.4, 0.5) is 11.4 Å². The first-order valence-electron chi connectivity index (χ1n) is 11.1. The van der Waals surface area contributed by atoms with Crippen molar-refractivity contribution in [3.8, 4) is 0 Å². The van der Waals surface area contributed by atoms with Crippen LogP contribution in [0.25, 0.3) is 0 Å². The van der Waals surface area contributed by atoms with Crippen LogP contribution >= 0.6 is 23.4 Å². The topological polar surface area (TPSA) is 74.2 Å². The quantitative estimate of drug-likeness (QED) is 0.610. The van der Waals surface area contributed by atoms with E-state index in [-0.39, 0.29) is 18.2 Å². The lowest BCUT2D eigenvalue weighted by atomic mass is 10.2. The Labute approximate surface area is 203 Å². The number of para-hydroxylation sites is 1. The highest BCUT2D eigenvalue weighted by Gasteiger charge is 2.39. The number of anilines is 1. The van der Waals surface area contributed by atoms with Gasteiger partial charge < -0.3 is 10.1 Å². The maximum absolute atomic E-state index is 13.2. The fourth-order valence-corrected chi connectivity index (χ4v) is 5.05. The Hall–Kier alpha value is -2.39. The number of carbonyl (C=O) groups excluding carboxylic acids is 2. The number of amidine groups is 1. The number of rotatable bonds is 8. The van der Waals surface area contributed by atoms with E-state index in [0.29, 0.717) is 16.7 Å². The van der Waals surface area contributed by atoms with E-state index in [4.69, 9.17) is 21.3 Å². The molecule has 33 heavy (non-hydrogen) atoms. The van der Waals surface area contributed by atoms with Gasteiger partial charge in [0.05, 0.1) is 18.9 Å². The van der Waals surface area contributed by atoms with E-state index in [1.807, 2.05) is 42.5 Å². The van der Waals surface area contributed by atoms with Gasteiger partial charge >= 0.3 is 0 Å². The summed E-state index contributed by atoms with van der Waals surface area (Å²) in [5, 5.41) is 3.63. The van der Waals surface area contributed by atoms with Gasteiger partial charge in [0.1, 0.15) is 5.25 Å². The van der Waals surface area contributed by atoms with Gasteiger partial charge in [0.15, 0.2) is 5.17 Å². The van der Waals surface area contributed by atoms with E-state index in [2.05, 4.69) is 10.2 Å². The second kappa shape index (κ2) is 11.7. The second-order valence-corrected chi connectivity index (χ2v) is 9.50. The molecule has 1 atom stereocenters. The zero-order valence-electron chi connectivity index (χ0n) is 18.3. The van der Waals surface area contributed by atoms with Gasteiger partial charge in [0, 0.05) is 43.3 Å². The van der Waals surface area contributed by atoms with E-state index in [0.717, 1.165) is 50.6 Å². The van der Waals surface area contributed by atoms with Gasteiger partial charge in [-0.1, -0.05) is 41.6 Å². The molecular weight excluding hydrogens is 460 g/mol. The third kappa shape index (κ3) is 6.80. The maximum Gasteiger partial charge on any atom is 0.242 e. The van der Waals surface area contributed by atoms with E-state index < -0.39 is 5.25 Å².